The van der Waals surface area contributed by atoms with Crippen LogP contribution in [0.15, 0.2) is 40.0 Å². The Bertz CT molecular complexity index is 280. The van der Waals surface area contributed by atoms with Gasteiger partial charge in [0.2, 0.25) is 0 Å². The average molecular weight is 302 g/mol. The van der Waals surface area contributed by atoms with Crippen LogP contribution in [0.5, 0.6) is 0 Å². The monoisotopic (exact) mass is 302 g/mol. The van der Waals surface area contributed by atoms with Gasteiger partial charge in [-0.1, -0.05) is 58.5 Å². The molecule has 1 rings (SSSR count). The van der Waals surface area contributed by atoms with Gasteiger partial charge >= 0.3 is 0 Å². The number of hydrogen-bond donors (Lipinski definition) is 0. The topological polar surface area (TPSA) is 9.23 Å². The van der Waals surface area contributed by atoms with Crippen LogP contribution in [-0.2, 0) is 11.3 Å². The summed E-state index contributed by atoms with van der Waals surface area (Å²) in [7, 11) is 0. The first kappa shape index (κ1) is 11.7. The molecule has 1 aromatic carbocycles. The molecule has 0 saturated carbocycles. The lowest BCUT2D eigenvalue weighted by molar-refractivity contribution is 0.124. The molecule has 2 heteroatoms. The summed E-state index contributed by atoms with van der Waals surface area (Å²) in [6.45, 7) is 3.65. The van der Waals surface area contributed by atoms with Crippen LogP contribution in [0.1, 0.15) is 18.9 Å². The van der Waals surface area contributed by atoms with E-state index in [2.05, 4.69) is 45.7 Å². The van der Waals surface area contributed by atoms with E-state index in [9.17, 15) is 0 Å². The van der Waals surface area contributed by atoms with Crippen LogP contribution in [0, 0.1) is 0 Å². The fourth-order valence-corrected chi connectivity index (χ4v) is 1.36. The predicted molar refractivity (Wildman–Crippen MR) is 68.5 cm³/mol. The summed E-state index contributed by atoms with van der Waals surface area (Å²) < 4.78 is 7.65. The Balaban J connectivity index is 2.17. The predicted octanol–water partition coefficient (Wildman–Crippen LogP) is 3.93. The van der Waals surface area contributed by atoms with Crippen molar-refractivity contribution in [3.05, 3.63) is 45.6 Å². The van der Waals surface area contributed by atoms with Gasteiger partial charge in [-0.25, -0.2) is 0 Å². The second-order valence-corrected chi connectivity index (χ2v) is 3.87. The molecule has 0 spiro atoms. The number of ether oxygens (including phenoxy) is 1. The Labute approximate surface area is 99.3 Å². The molecule has 0 fully saturated rings. The first-order chi connectivity index (χ1) is 6.83. The van der Waals surface area contributed by atoms with Gasteiger partial charge in [-0.15, -0.1) is 0 Å². The molecule has 0 aliphatic heterocycles. The van der Waals surface area contributed by atoms with Gasteiger partial charge in [-0.2, -0.15) is 0 Å². The Hall–Kier alpha value is -0.350. The van der Waals surface area contributed by atoms with Crippen LogP contribution >= 0.6 is 22.6 Å². The summed E-state index contributed by atoms with van der Waals surface area (Å²) in [5.41, 5.74) is 2.61. The SMILES string of the molecule is C/C(=C\I)CCOCc1ccccc1. The molecule has 0 unspecified atom stereocenters. The molecule has 0 aromatic heterocycles. The summed E-state index contributed by atoms with van der Waals surface area (Å²) in [6, 6.07) is 10.3. The van der Waals surface area contributed by atoms with E-state index in [1.165, 1.54) is 11.1 Å². The molecule has 14 heavy (non-hydrogen) atoms. The van der Waals surface area contributed by atoms with E-state index in [1.54, 1.807) is 0 Å². The van der Waals surface area contributed by atoms with Crippen LogP contribution in [0.25, 0.3) is 0 Å². The number of rotatable bonds is 5. The number of benzene rings is 1. The van der Waals surface area contributed by atoms with E-state index >= 15 is 0 Å². The van der Waals surface area contributed by atoms with Gasteiger partial charge in [-0.05, 0) is 23.0 Å². The molecule has 1 aromatic rings. The van der Waals surface area contributed by atoms with Gasteiger partial charge in [0.15, 0.2) is 0 Å². The van der Waals surface area contributed by atoms with Crippen LogP contribution in [0.2, 0.25) is 0 Å². The van der Waals surface area contributed by atoms with E-state index in [-0.39, 0.29) is 0 Å². The van der Waals surface area contributed by atoms with E-state index in [1.807, 2.05) is 18.2 Å². The molecule has 76 valence electrons. The first-order valence-corrected chi connectivity index (χ1v) is 5.95. The van der Waals surface area contributed by atoms with Crippen molar-refractivity contribution >= 4 is 22.6 Å². The Morgan fingerprint density at radius 1 is 1.36 bits per heavy atom. The van der Waals surface area contributed by atoms with Crippen molar-refractivity contribution in [1.82, 2.24) is 0 Å². The van der Waals surface area contributed by atoms with Crippen LogP contribution in [-0.4, -0.2) is 6.61 Å². The number of hydrogen-bond acceptors (Lipinski definition) is 1. The fourth-order valence-electron chi connectivity index (χ4n) is 1.05. The van der Waals surface area contributed by atoms with Crippen molar-refractivity contribution in [2.45, 2.75) is 20.0 Å². The first-order valence-electron chi connectivity index (χ1n) is 4.70. The van der Waals surface area contributed by atoms with Crippen molar-refractivity contribution < 1.29 is 4.74 Å². The lowest BCUT2D eigenvalue weighted by Gasteiger charge is -2.03. The highest BCUT2D eigenvalue weighted by Gasteiger charge is 1.92. The molecular weight excluding hydrogens is 287 g/mol. The zero-order valence-electron chi connectivity index (χ0n) is 8.37. The van der Waals surface area contributed by atoms with E-state index in [4.69, 9.17) is 4.74 Å². The maximum Gasteiger partial charge on any atom is 0.0717 e. The van der Waals surface area contributed by atoms with Gasteiger partial charge in [0.1, 0.15) is 0 Å². The summed E-state index contributed by atoms with van der Waals surface area (Å²) in [4.78, 5) is 0. The molecule has 1 nitrogen and oxygen atoms in total. The Morgan fingerprint density at radius 2 is 2.07 bits per heavy atom. The van der Waals surface area contributed by atoms with Gasteiger partial charge in [-0.3, -0.25) is 0 Å². The van der Waals surface area contributed by atoms with Gasteiger partial charge in [0.05, 0.1) is 13.2 Å². The zero-order chi connectivity index (χ0) is 10.2. The molecule has 0 aliphatic rings. The van der Waals surface area contributed by atoms with E-state index in [0.717, 1.165) is 19.6 Å². The standard InChI is InChI=1S/C12H15IO/c1-11(9-13)7-8-14-10-12-5-3-2-4-6-12/h2-6,9H,7-8,10H2,1H3/b11-9+. The van der Waals surface area contributed by atoms with Gasteiger partial charge in [0, 0.05) is 0 Å². The minimum absolute atomic E-state index is 0.718. The second-order valence-electron chi connectivity index (χ2n) is 3.24. The van der Waals surface area contributed by atoms with Crippen LogP contribution < -0.4 is 0 Å². The van der Waals surface area contributed by atoms with Gasteiger partial charge < -0.3 is 4.74 Å². The maximum absolute atomic E-state index is 5.55. The molecule has 0 bridgehead atoms. The van der Waals surface area contributed by atoms with Crippen molar-refractivity contribution in [3.63, 3.8) is 0 Å². The summed E-state index contributed by atoms with van der Waals surface area (Å²) in [5.74, 6) is 0. The van der Waals surface area contributed by atoms with Crippen molar-refractivity contribution in [1.29, 1.82) is 0 Å². The van der Waals surface area contributed by atoms with Gasteiger partial charge in [0.25, 0.3) is 0 Å². The average Bonchev–Trinajstić information content (AvgIpc) is 2.25. The Kier molecular flexibility index (Phi) is 5.87. The van der Waals surface area contributed by atoms with Crippen LogP contribution in [0.3, 0.4) is 0 Å². The highest BCUT2D eigenvalue weighted by molar-refractivity contribution is 14.1. The summed E-state index contributed by atoms with van der Waals surface area (Å²) >= 11 is 2.26. The third kappa shape index (κ3) is 4.77. The second kappa shape index (κ2) is 7.01. The molecule has 0 saturated heterocycles. The minimum atomic E-state index is 0.718. The molecule has 0 amide bonds. The van der Waals surface area contributed by atoms with Crippen molar-refractivity contribution in [3.8, 4) is 0 Å². The molecule has 0 radical (unpaired) electrons. The lowest BCUT2D eigenvalue weighted by atomic mass is 10.2. The molecular formula is C12H15IO. The quantitative estimate of drug-likeness (QED) is 0.591. The molecule has 0 N–H and O–H groups in total. The highest BCUT2D eigenvalue weighted by atomic mass is 127. The molecule has 0 atom stereocenters. The number of halogens is 1. The summed E-state index contributed by atoms with van der Waals surface area (Å²) in [6.07, 6.45) is 1.02. The van der Waals surface area contributed by atoms with Crippen molar-refractivity contribution in [2.24, 2.45) is 0 Å². The lowest BCUT2D eigenvalue weighted by Crippen LogP contribution is -1.95. The fraction of sp³-hybridized carbons (Fsp3) is 0.333. The highest BCUT2D eigenvalue weighted by Crippen LogP contribution is 2.05. The summed E-state index contributed by atoms with van der Waals surface area (Å²) in [5, 5.41) is 0. The minimum Gasteiger partial charge on any atom is -0.376 e. The van der Waals surface area contributed by atoms with E-state index < -0.39 is 0 Å². The van der Waals surface area contributed by atoms with Crippen molar-refractivity contribution in [2.75, 3.05) is 6.61 Å². The molecule has 0 aliphatic carbocycles. The maximum atomic E-state index is 5.55. The smallest absolute Gasteiger partial charge is 0.0717 e. The van der Waals surface area contributed by atoms with E-state index in [0.29, 0.717) is 0 Å². The largest absolute Gasteiger partial charge is 0.376 e. The van der Waals surface area contributed by atoms with Crippen LogP contribution in [0.4, 0.5) is 0 Å². The molecule has 0 heterocycles. The third-order valence-corrected chi connectivity index (χ3v) is 3.00. The third-order valence-electron chi connectivity index (χ3n) is 1.94. The zero-order valence-corrected chi connectivity index (χ0v) is 10.5. The normalized spacial score (nSPS) is 11.7. The Morgan fingerprint density at radius 3 is 2.71 bits per heavy atom.